The Morgan fingerprint density at radius 2 is 1.78 bits per heavy atom. The Morgan fingerprint density at radius 3 is 2.56 bits per heavy atom. The minimum absolute atomic E-state index is 0.0986. The number of hydrogen-bond donors (Lipinski definition) is 1. The lowest BCUT2D eigenvalue weighted by molar-refractivity contribution is -0.134. The summed E-state index contributed by atoms with van der Waals surface area (Å²) in [7, 11) is 0. The number of nitriles is 1. The van der Waals surface area contributed by atoms with Crippen molar-refractivity contribution < 1.29 is 33.7 Å². The first-order valence-corrected chi connectivity index (χ1v) is 13.7. The summed E-state index contributed by atoms with van der Waals surface area (Å²) in [5.74, 6) is -2.03. The van der Waals surface area contributed by atoms with Gasteiger partial charge in [-0.2, -0.15) is 5.26 Å². The molecule has 3 aromatic rings. The van der Waals surface area contributed by atoms with Crippen LogP contribution in [0.2, 0.25) is 0 Å². The van der Waals surface area contributed by atoms with Crippen LogP contribution in [0.15, 0.2) is 54.6 Å². The number of aliphatic hydroxyl groups excluding tert-OH is 1. The number of ketones is 1. The molecule has 0 radical (unpaired) electrons. The van der Waals surface area contributed by atoms with Gasteiger partial charge in [0.2, 0.25) is 17.6 Å². The Balaban J connectivity index is 1.21. The average Bonchev–Trinajstić information content (AvgIpc) is 3.56. The molecule has 7 rings (SSSR count). The lowest BCUT2D eigenvalue weighted by Gasteiger charge is -2.33. The Hall–Kier alpha value is -4.26. The molecule has 3 fully saturated rings. The average molecular weight is 553 g/mol. The summed E-state index contributed by atoms with van der Waals surface area (Å²) in [5.41, 5.74) is -2.46. The molecule has 4 aliphatic heterocycles. The van der Waals surface area contributed by atoms with Gasteiger partial charge in [-0.05, 0) is 44.4 Å². The predicted molar refractivity (Wildman–Crippen MR) is 147 cm³/mol. The van der Waals surface area contributed by atoms with E-state index in [1.54, 1.807) is 63.2 Å². The van der Waals surface area contributed by atoms with Crippen molar-refractivity contribution in [2.45, 2.75) is 56.5 Å². The molecule has 4 aliphatic rings. The molecule has 0 aliphatic carbocycles. The van der Waals surface area contributed by atoms with E-state index in [1.165, 1.54) is 0 Å². The Morgan fingerprint density at radius 1 is 1.02 bits per heavy atom. The van der Waals surface area contributed by atoms with Gasteiger partial charge in [-0.1, -0.05) is 36.4 Å². The lowest BCUT2D eigenvalue weighted by atomic mass is 9.66. The molecule has 5 atom stereocenters. The minimum atomic E-state index is -1.26. The van der Waals surface area contributed by atoms with E-state index in [0.717, 1.165) is 10.3 Å². The quantitative estimate of drug-likeness (QED) is 0.472. The Bertz CT molecular complexity index is 1720. The van der Waals surface area contributed by atoms with Crippen LogP contribution < -0.4 is 14.4 Å². The van der Waals surface area contributed by atoms with Crippen molar-refractivity contribution in [2.75, 3.05) is 11.5 Å². The van der Waals surface area contributed by atoms with Crippen LogP contribution in [-0.2, 0) is 14.3 Å². The number of amides is 2. The van der Waals surface area contributed by atoms with E-state index in [4.69, 9.17) is 14.2 Å². The maximum Gasteiger partial charge on any atom is 0.240 e. The van der Waals surface area contributed by atoms with Gasteiger partial charge in [-0.25, -0.2) is 4.90 Å². The van der Waals surface area contributed by atoms with Crippen LogP contribution in [0.1, 0.15) is 49.5 Å². The van der Waals surface area contributed by atoms with Crippen LogP contribution in [0.4, 0.5) is 5.69 Å². The zero-order valence-corrected chi connectivity index (χ0v) is 22.8. The summed E-state index contributed by atoms with van der Waals surface area (Å²) >= 11 is 0. The molecule has 3 aromatic carbocycles. The van der Waals surface area contributed by atoms with E-state index < -0.39 is 46.6 Å². The lowest BCUT2D eigenvalue weighted by Crippen LogP contribution is -2.49. The van der Waals surface area contributed by atoms with Crippen molar-refractivity contribution in [3.8, 4) is 17.6 Å². The third-order valence-corrected chi connectivity index (χ3v) is 9.28. The molecular formula is C32H28N2O7. The van der Waals surface area contributed by atoms with Crippen LogP contribution in [-0.4, -0.2) is 52.2 Å². The third-order valence-electron chi connectivity index (χ3n) is 9.28. The number of anilines is 1. The second kappa shape index (κ2) is 8.38. The molecule has 41 heavy (non-hydrogen) atoms. The highest BCUT2D eigenvalue weighted by molar-refractivity contribution is 6.24. The minimum Gasteiger partial charge on any atom is -0.490 e. The summed E-state index contributed by atoms with van der Waals surface area (Å²) in [6, 6.07) is 18.1. The Labute approximate surface area is 236 Å². The molecule has 0 saturated carbocycles. The second-order valence-electron chi connectivity index (χ2n) is 12.0. The topological polar surface area (TPSA) is 126 Å². The molecule has 2 bridgehead atoms. The maximum atomic E-state index is 14.1. The summed E-state index contributed by atoms with van der Waals surface area (Å²) in [5, 5.41) is 22.6. The van der Waals surface area contributed by atoms with E-state index in [1.807, 2.05) is 12.1 Å². The largest absolute Gasteiger partial charge is 0.490 e. The molecule has 9 nitrogen and oxygen atoms in total. The normalized spacial score (nSPS) is 30.9. The SMILES string of the molecule is CC1(C)Oc2c(OCCC34CC(O)C(C)(O3)C3C(=O)N(c5ccc6ccccc6c5C#N)C(=O)C34)cccc2C1=O. The van der Waals surface area contributed by atoms with Gasteiger partial charge in [0.25, 0.3) is 0 Å². The van der Waals surface area contributed by atoms with Crippen LogP contribution in [0.25, 0.3) is 10.8 Å². The van der Waals surface area contributed by atoms with Crippen molar-refractivity contribution in [3.05, 3.63) is 65.7 Å². The predicted octanol–water partition coefficient (Wildman–Crippen LogP) is 3.93. The monoisotopic (exact) mass is 552 g/mol. The summed E-state index contributed by atoms with van der Waals surface area (Å²) in [6.45, 7) is 5.18. The number of fused-ring (bicyclic) bond motifs is 7. The molecule has 3 saturated heterocycles. The first-order chi connectivity index (χ1) is 19.5. The number of hydrogen-bond acceptors (Lipinski definition) is 8. The number of ether oxygens (including phenoxy) is 3. The van der Waals surface area contributed by atoms with Gasteiger partial charge >= 0.3 is 0 Å². The smallest absolute Gasteiger partial charge is 0.240 e. The second-order valence-corrected chi connectivity index (χ2v) is 12.0. The van der Waals surface area contributed by atoms with Gasteiger partial charge in [-0.3, -0.25) is 14.4 Å². The van der Waals surface area contributed by atoms with Crippen LogP contribution in [0, 0.1) is 23.2 Å². The molecule has 1 N–H and O–H groups in total. The number of imide groups is 1. The standard InChI is InChI=1S/C32H28N2O7/c1-30(2)27(36)19-9-6-10-22(26(19)40-30)39-14-13-32-15-23(35)31(3,41-32)24-25(32)29(38)34(28(24)37)21-12-11-17-7-4-5-8-18(17)20(21)16-33/h4-12,23-25,35H,13-15H2,1-3H3. The number of aliphatic hydroxyl groups is 1. The highest BCUT2D eigenvalue weighted by Gasteiger charge is 2.77. The molecule has 0 aromatic heterocycles. The molecule has 5 unspecified atom stereocenters. The number of nitrogens with zero attached hydrogens (tertiary/aromatic N) is 2. The molecular weight excluding hydrogens is 524 g/mol. The fourth-order valence-electron chi connectivity index (χ4n) is 7.30. The summed E-state index contributed by atoms with van der Waals surface area (Å²) in [6.07, 6.45) is -0.578. The van der Waals surface area contributed by atoms with Crippen LogP contribution >= 0.6 is 0 Å². The summed E-state index contributed by atoms with van der Waals surface area (Å²) in [4.78, 5) is 41.8. The molecule has 208 valence electrons. The molecule has 0 spiro atoms. The zero-order valence-electron chi connectivity index (χ0n) is 22.8. The zero-order chi connectivity index (χ0) is 28.9. The number of carbonyl (C=O) groups excluding carboxylic acids is 3. The van der Waals surface area contributed by atoms with E-state index in [0.29, 0.717) is 22.4 Å². The summed E-state index contributed by atoms with van der Waals surface area (Å²) < 4.78 is 18.4. The highest BCUT2D eigenvalue weighted by Crippen LogP contribution is 2.62. The number of para-hydroxylation sites is 1. The number of benzene rings is 3. The highest BCUT2D eigenvalue weighted by atomic mass is 16.6. The number of Topliss-reactive ketones (excluding diaryl/α,β-unsaturated/α-hetero) is 1. The maximum absolute atomic E-state index is 14.1. The molecule has 9 heteroatoms. The van der Waals surface area contributed by atoms with Gasteiger partial charge in [-0.15, -0.1) is 0 Å². The van der Waals surface area contributed by atoms with Crippen LogP contribution in [0.3, 0.4) is 0 Å². The van der Waals surface area contributed by atoms with Crippen molar-refractivity contribution in [1.29, 1.82) is 5.26 Å². The van der Waals surface area contributed by atoms with Gasteiger partial charge < -0.3 is 19.3 Å². The van der Waals surface area contributed by atoms with Crippen molar-refractivity contribution in [3.63, 3.8) is 0 Å². The van der Waals surface area contributed by atoms with Crippen molar-refractivity contribution in [1.82, 2.24) is 0 Å². The molecule has 2 amide bonds. The van der Waals surface area contributed by atoms with Gasteiger partial charge in [0.05, 0.1) is 47.0 Å². The van der Waals surface area contributed by atoms with Gasteiger partial charge in [0, 0.05) is 18.2 Å². The van der Waals surface area contributed by atoms with E-state index >= 15 is 0 Å². The third kappa shape index (κ3) is 3.32. The van der Waals surface area contributed by atoms with Gasteiger partial charge in [0.1, 0.15) is 11.7 Å². The fraction of sp³-hybridized carbons (Fsp3) is 0.375. The van der Waals surface area contributed by atoms with Crippen molar-refractivity contribution in [2.24, 2.45) is 11.8 Å². The van der Waals surface area contributed by atoms with E-state index in [2.05, 4.69) is 6.07 Å². The molecule has 4 heterocycles. The number of rotatable bonds is 5. The fourth-order valence-corrected chi connectivity index (χ4v) is 7.30. The van der Waals surface area contributed by atoms with Gasteiger partial charge in [0.15, 0.2) is 17.1 Å². The van der Waals surface area contributed by atoms with E-state index in [-0.39, 0.29) is 36.5 Å². The van der Waals surface area contributed by atoms with E-state index in [9.17, 15) is 24.8 Å². The Kier molecular flexibility index (Phi) is 5.25. The first-order valence-electron chi connectivity index (χ1n) is 13.7. The number of carbonyl (C=O) groups is 3. The van der Waals surface area contributed by atoms with Crippen molar-refractivity contribution >= 4 is 34.1 Å². The first kappa shape index (κ1) is 25.7. The van der Waals surface area contributed by atoms with Crippen LogP contribution in [0.5, 0.6) is 11.5 Å².